The van der Waals surface area contributed by atoms with Gasteiger partial charge in [0.2, 0.25) is 0 Å². The number of amides is 2. The molecule has 82 valence electrons. The van der Waals surface area contributed by atoms with Crippen LogP contribution >= 0.6 is 11.6 Å². The quantitative estimate of drug-likeness (QED) is 0.348. The Kier molecular flexibility index (Phi) is 2.70. The summed E-state index contributed by atoms with van der Waals surface area (Å²) in [6, 6.07) is 6.47. The monoisotopic (exact) mass is 238 g/mol. The van der Waals surface area contributed by atoms with Gasteiger partial charge in [0.15, 0.2) is 5.50 Å². The van der Waals surface area contributed by atoms with Gasteiger partial charge in [0.05, 0.1) is 17.7 Å². The summed E-state index contributed by atoms with van der Waals surface area (Å²) in [5.74, 6) is -0.871. The molecule has 0 fully saturated rings. The van der Waals surface area contributed by atoms with Crippen LogP contribution in [0.2, 0.25) is 0 Å². The third kappa shape index (κ3) is 1.59. The predicted molar refractivity (Wildman–Crippen MR) is 57.2 cm³/mol. The minimum atomic E-state index is -1.11. The number of halogens is 1. The van der Waals surface area contributed by atoms with Gasteiger partial charge in [-0.15, -0.1) is 4.91 Å². The van der Waals surface area contributed by atoms with Gasteiger partial charge in [0.25, 0.3) is 11.8 Å². The fourth-order valence-electron chi connectivity index (χ4n) is 1.59. The number of rotatable bonds is 3. The molecule has 1 unspecified atom stereocenters. The summed E-state index contributed by atoms with van der Waals surface area (Å²) >= 11 is 5.49. The topological polar surface area (TPSA) is 66.8 Å². The van der Waals surface area contributed by atoms with Crippen LogP contribution in [0, 0.1) is 4.91 Å². The number of benzene rings is 1. The molecule has 6 heteroatoms. The van der Waals surface area contributed by atoms with Gasteiger partial charge < -0.3 is 0 Å². The highest BCUT2D eigenvalue weighted by Gasteiger charge is 2.36. The normalized spacial score (nSPS) is 16.2. The SMILES string of the molecule is O=NC(Cl)CN1C(=O)c2ccccc2C1=O. The summed E-state index contributed by atoms with van der Waals surface area (Å²) in [7, 11) is 0. The highest BCUT2D eigenvalue weighted by atomic mass is 35.5. The molecule has 0 bridgehead atoms. The molecular weight excluding hydrogens is 232 g/mol. The number of imide groups is 1. The van der Waals surface area contributed by atoms with Crippen LogP contribution in [0.3, 0.4) is 0 Å². The van der Waals surface area contributed by atoms with E-state index in [1.165, 1.54) is 0 Å². The highest BCUT2D eigenvalue weighted by molar-refractivity contribution is 6.23. The average molecular weight is 239 g/mol. The maximum atomic E-state index is 11.8. The minimum absolute atomic E-state index is 0.197. The van der Waals surface area contributed by atoms with Gasteiger partial charge in [0.1, 0.15) is 0 Å². The molecule has 1 aromatic rings. The first-order chi connectivity index (χ1) is 7.65. The van der Waals surface area contributed by atoms with Crippen molar-refractivity contribution in [3.63, 3.8) is 0 Å². The fourth-order valence-corrected chi connectivity index (χ4v) is 1.73. The van der Waals surface area contributed by atoms with E-state index in [1.54, 1.807) is 24.3 Å². The molecule has 1 atom stereocenters. The van der Waals surface area contributed by atoms with Gasteiger partial charge in [-0.3, -0.25) is 14.5 Å². The third-order valence-corrected chi connectivity index (χ3v) is 2.54. The Balaban J connectivity index is 2.31. The summed E-state index contributed by atoms with van der Waals surface area (Å²) < 4.78 is 0. The van der Waals surface area contributed by atoms with Crippen molar-refractivity contribution in [3.8, 4) is 0 Å². The van der Waals surface area contributed by atoms with Crippen molar-refractivity contribution in [1.29, 1.82) is 0 Å². The van der Waals surface area contributed by atoms with Crippen molar-refractivity contribution in [3.05, 3.63) is 40.3 Å². The molecule has 5 nitrogen and oxygen atoms in total. The molecule has 1 aromatic carbocycles. The molecule has 0 aliphatic carbocycles. The second-order valence-corrected chi connectivity index (χ2v) is 3.81. The zero-order valence-electron chi connectivity index (χ0n) is 8.09. The molecule has 1 aliphatic rings. The number of fused-ring (bicyclic) bond motifs is 1. The Morgan fingerprint density at radius 1 is 1.19 bits per heavy atom. The summed E-state index contributed by atoms with van der Waals surface area (Å²) in [5.41, 5.74) is -0.438. The van der Waals surface area contributed by atoms with Crippen LogP contribution in [-0.4, -0.2) is 28.8 Å². The molecule has 2 rings (SSSR count). The summed E-state index contributed by atoms with van der Waals surface area (Å²) in [5, 5.41) is 2.55. The number of nitrogens with zero attached hydrogens (tertiary/aromatic N) is 2. The molecule has 2 amide bonds. The molecule has 1 aliphatic heterocycles. The van der Waals surface area contributed by atoms with E-state index in [2.05, 4.69) is 5.18 Å². The van der Waals surface area contributed by atoms with Gasteiger partial charge in [-0.1, -0.05) is 23.7 Å². The first-order valence-electron chi connectivity index (χ1n) is 4.57. The van der Waals surface area contributed by atoms with Crippen molar-refractivity contribution >= 4 is 23.4 Å². The van der Waals surface area contributed by atoms with Crippen molar-refractivity contribution in [2.45, 2.75) is 5.50 Å². The third-order valence-electron chi connectivity index (χ3n) is 2.33. The zero-order chi connectivity index (χ0) is 11.7. The summed E-state index contributed by atoms with van der Waals surface area (Å²) in [6.07, 6.45) is 0. The van der Waals surface area contributed by atoms with Crippen LogP contribution in [0.4, 0.5) is 0 Å². The van der Waals surface area contributed by atoms with Crippen LogP contribution in [0.25, 0.3) is 0 Å². The molecule has 0 radical (unpaired) electrons. The molecule has 16 heavy (non-hydrogen) atoms. The van der Waals surface area contributed by atoms with Gasteiger partial charge in [0, 0.05) is 0 Å². The lowest BCUT2D eigenvalue weighted by Crippen LogP contribution is -2.34. The lowest BCUT2D eigenvalue weighted by molar-refractivity contribution is 0.0654. The van der Waals surface area contributed by atoms with Crippen molar-refractivity contribution in [2.24, 2.45) is 5.18 Å². The number of hydrogen-bond acceptors (Lipinski definition) is 4. The van der Waals surface area contributed by atoms with Crippen molar-refractivity contribution in [1.82, 2.24) is 4.90 Å². The predicted octanol–water partition coefficient (Wildman–Crippen LogP) is 1.61. The molecule has 0 saturated carbocycles. The van der Waals surface area contributed by atoms with E-state index >= 15 is 0 Å². The van der Waals surface area contributed by atoms with Gasteiger partial charge in [-0.2, -0.15) is 0 Å². The summed E-state index contributed by atoms with van der Waals surface area (Å²) in [4.78, 5) is 34.6. The van der Waals surface area contributed by atoms with Gasteiger partial charge in [-0.05, 0) is 17.3 Å². The van der Waals surface area contributed by atoms with E-state index in [4.69, 9.17) is 11.6 Å². The lowest BCUT2D eigenvalue weighted by atomic mass is 10.1. The van der Waals surface area contributed by atoms with E-state index in [1.807, 2.05) is 0 Å². The van der Waals surface area contributed by atoms with Gasteiger partial charge >= 0.3 is 0 Å². The summed E-state index contributed by atoms with van der Waals surface area (Å²) in [6.45, 7) is -0.197. The average Bonchev–Trinajstić information content (AvgIpc) is 2.55. The van der Waals surface area contributed by atoms with Crippen LogP contribution in [0.15, 0.2) is 29.4 Å². The van der Waals surface area contributed by atoms with Crippen molar-refractivity contribution in [2.75, 3.05) is 6.54 Å². The number of carbonyl (C=O) groups excluding carboxylic acids is 2. The van der Waals surface area contributed by atoms with Crippen LogP contribution in [0.1, 0.15) is 20.7 Å². The Bertz CT molecular complexity index is 440. The first-order valence-corrected chi connectivity index (χ1v) is 5.00. The van der Waals surface area contributed by atoms with E-state index in [0.717, 1.165) is 4.90 Å². The van der Waals surface area contributed by atoms with Gasteiger partial charge in [-0.25, -0.2) is 0 Å². The van der Waals surface area contributed by atoms with Crippen molar-refractivity contribution < 1.29 is 9.59 Å². The molecule has 1 heterocycles. The standard InChI is InChI=1S/C10H7ClN2O3/c11-8(12-16)5-13-9(14)6-3-1-2-4-7(6)10(13)15/h1-4,8H,5H2. The second kappa shape index (κ2) is 4.02. The zero-order valence-corrected chi connectivity index (χ0v) is 8.85. The van der Waals surface area contributed by atoms with E-state index in [-0.39, 0.29) is 6.54 Å². The van der Waals surface area contributed by atoms with Crippen LogP contribution in [-0.2, 0) is 0 Å². The Morgan fingerprint density at radius 2 is 1.69 bits per heavy atom. The maximum absolute atomic E-state index is 11.8. The lowest BCUT2D eigenvalue weighted by Gasteiger charge is -2.13. The largest absolute Gasteiger partial charge is 0.271 e. The smallest absolute Gasteiger partial charge is 0.261 e. The molecule has 0 aromatic heterocycles. The highest BCUT2D eigenvalue weighted by Crippen LogP contribution is 2.23. The van der Waals surface area contributed by atoms with E-state index < -0.39 is 17.3 Å². The molecular formula is C10H7ClN2O3. The van der Waals surface area contributed by atoms with E-state index in [9.17, 15) is 14.5 Å². The second-order valence-electron chi connectivity index (χ2n) is 3.31. The molecule has 0 saturated heterocycles. The minimum Gasteiger partial charge on any atom is -0.271 e. The number of hydrogen-bond donors (Lipinski definition) is 0. The molecule has 0 spiro atoms. The molecule has 0 N–H and O–H groups in total. The number of nitroso groups, excluding NO2 is 1. The number of carbonyl (C=O) groups is 2. The van der Waals surface area contributed by atoms with Crippen LogP contribution in [0.5, 0.6) is 0 Å². The fraction of sp³-hybridized carbons (Fsp3) is 0.200. The Labute approximate surface area is 96.0 Å². The van der Waals surface area contributed by atoms with Crippen LogP contribution < -0.4 is 0 Å². The van der Waals surface area contributed by atoms with E-state index in [0.29, 0.717) is 11.1 Å². The Morgan fingerprint density at radius 3 is 2.12 bits per heavy atom. The Hall–Kier alpha value is -1.75. The first kappa shape index (κ1) is 10.8. The number of alkyl halides is 1. The maximum Gasteiger partial charge on any atom is 0.261 e.